The average Bonchev–Trinajstić information content (AvgIpc) is 3.40. The number of amides is 2. The molecule has 1 aliphatic heterocycles. The Balaban J connectivity index is 1.58. The Morgan fingerprint density at radius 2 is 2.06 bits per heavy atom. The molecule has 1 atom stereocenters. The van der Waals surface area contributed by atoms with Gasteiger partial charge < -0.3 is 20.0 Å². The predicted molar refractivity (Wildman–Crippen MR) is 119 cm³/mol. The topological polar surface area (TPSA) is 110 Å². The SMILES string of the molecule is CCN(CC)C(=O)C1CCCN(C(=O)c2cc(N)n3nc(-c4ccc(Br)o4)nc3c2)C1. The molecule has 1 fully saturated rings. The zero-order valence-corrected chi connectivity index (χ0v) is 19.1. The van der Waals surface area contributed by atoms with Crippen molar-refractivity contribution in [3.63, 3.8) is 0 Å². The van der Waals surface area contributed by atoms with Crippen molar-refractivity contribution in [2.24, 2.45) is 5.92 Å². The number of pyridine rings is 1. The third-order valence-electron chi connectivity index (χ3n) is 5.64. The molecule has 0 radical (unpaired) electrons. The van der Waals surface area contributed by atoms with Crippen molar-refractivity contribution in [1.82, 2.24) is 24.4 Å². The number of piperidine rings is 1. The summed E-state index contributed by atoms with van der Waals surface area (Å²) in [5.41, 5.74) is 7.05. The number of aromatic nitrogens is 3. The van der Waals surface area contributed by atoms with Crippen LogP contribution in [-0.4, -0.2) is 62.4 Å². The Morgan fingerprint density at radius 1 is 1.29 bits per heavy atom. The molecular weight excluding hydrogens is 464 g/mol. The highest BCUT2D eigenvalue weighted by molar-refractivity contribution is 9.10. The highest BCUT2D eigenvalue weighted by Gasteiger charge is 2.31. The Labute approximate surface area is 188 Å². The normalized spacial score (nSPS) is 16.6. The molecule has 4 rings (SSSR count). The minimum absolute atomic E-state index is 0.115. The van der Waals surface area contributed by atoms with E-state index in [4.69, 9.17) is 10.2 Å². The molecule has 164 valence electrons. The molecule has 10 heteroatoms. The van der Waals surface area contributed by atoms with Gasteiger partial charge in [0.1, 0.15) is 5.82 Å². The van der Waals surface area contributed by atoms with Gasteiger partial charge in [-0.05, 0) is 66.9 Å². The molecular formula is C21H25BrN6O3. The number of nitrogens with two attached hydrogens (primary N) is 1. The van der Waals surface area contributed by atoms with Crippen molar-refractivity contribution in [3.8, 4) is 11.6 Å². The van der Waals surface area contributed by atoms with E-state index in [9.17, 15) is 9.59 Å². The van der Waals surface area contributed by atoms with Crippen LogP contribution in [0.4, 0.5) is 5.82 Å². The molecule has 9 nitrogen and oxygen atoms in total. The fourth-order valence-corrected chi connectivity index (χ4v) is 4.32. The maximum Gasteiger partial charge on any atom is 0.254 e. The number of likely N-dealkylation sites (tertiary alicyclic amines) is 1. The maximum absolute atomic E-state index is 13.2. The van der Waals surface area contributed by atoms with Crippen molar-refractivity contribution in [1.29, 1.82) is 0 Å². The fraction of sp³-hybridized carbons (Fsp3) is 0.429. The summed E-state index contributed by atoms with van der Waals surface area (Å²) in [6.45, 7) is 6.32. The fourth-order valence-electron chi connectivity index (χ4n) is 4.01. The predicted octanol–water partition coefficient (Wildman–Crippen LogP) is 3.05. The Hall–Kier alpha value is -2.88. The first-order valence-electron chi connectivity index (χ1n) is 10.4. The van der Waals surface area contributed by atoms with E-state index < -0.39 is 0 Å². The first-order chi connectivity index (χ1) is 14.9. The summed E-state index contributed by atoms with van der Waals surface area (Å²) in [6, 6.07) is 6.78. The molecule has 0 aromatic carbocycles. The largest absolute Gasteiger partial charge is 0.446 e. The van der Waals surface area contributed by atoms with Gasteiger partial charge in [-0.2, -0.15) is 4.52 Å². The van der Waals surface area contributed by atoms with E-state index >= 15 is 0 Å². The van der Waals surface area contributed by atoms with Gasteiger partial charge in [0.15, 0.2) is 16.1 Å². The Bertz CT molecular complexity index is 1120. The highest BCUT2D eigenvalue weighted by Crippen LogP contribution is 2.25. The molecule has 1 saturated heterocycles. The third kappa shape index (κ3) is 4.16. The molecule has 1 unspecified atom stereocenters. The minimum atomic E-state index is -0.171. The summed E-state index contributed by atoms with van der Waals surface area (Å²) in [6.07, 6.45) is 1.59. The average molecular weight is 489 g/mol. The van der Waals surface area contributed by atoms with Gasteiger partial charge in [0.05, 0.1) is 5.92 Å². The highest BCUT2D eigenvalue weighted by atomic mass is 79.9. The quantitative estimate of drug-likeness (QED) is 0.590. The van der Waals surface area contributed by atoms with Crippen LogP contribution in [0.15, 0.2) is 33.4 Å². The second kappa shape index (κ2) is 8.70. The number of halogens is 1. The van der Waals surface area contributed by atoms with E-state index in [-0.39, 0.29) is 17.7 Å². The van der Waals surface area contributed by atoms with Crippen molar-refractivity contribution < 1.29 is 14.0 Å². The van der Waals surface area contributed by atoms with Gasteiger partial charge in [0.2, 0.25) is 11.7 Å². The lowest BCUT2D eigenvalue weighted by atomic mass is 9.96. The van der Waals surface area contributed by atoms with E-state index in [1.54, 1.807) is 29.2 Å². The lowest BCUT2D eigenvalue weighted by Crippen LogP contribution is -2.46. The summed E-state index contributed by atoms with van der Waals surface area (Å²) in [5, 5.41) is 4.37. The van der Waals surface area contributed by atoms with Gasteiger partial charge in [-0.1, -0.05) is 0 Å². The molecule has 1 aliphatic rings. The van der Waals surface area contributed by atoms with Gasteiger partial charge in [0.25, 0.3) is 5.91 Å². The zero-order chi connectivity index (χ0) is 22.1. The second-order valence-electron chi connectivity index (χ2n) is 7.58. The van der Waals surface area contributed by atoms with Crippen molar-refractivity contribution in [2.45, 2.75) is 26.7 Å². The van der Waals surface area contributed by atoms with Gasteiger partial charge in [-0.15, -0.1) is 5.10 Å². The van der Waals surface area contributed by atoms with Crippen molar-refractivity contribution in [2.75, 3.05) is 31.9 Å². The van der Waals surface area contributed by atoms with Crippen LogP contribution in [0.1, 0.15) is 37.0 Å². The van der Waals surface area contributed by atoms with E-state index in [1.165, 1.54) is 4.52 Å². The zero-order valence-electron chi connectivity index (χ0n) is 17.5. The smallest absolute Gasteiger partial charge is 0.254 e. The standard InChI is InChI=1S/C21H25BrN6O3/c1-3-26(4-2)20(29)13-6-5-9-27(12-13)21(30)14-10-17(23)28-18(11-14)24-19(25-28)15-7-8-16(22)31-15/h7-8,10-11,13H,3-6,9,12,23H2,1-2H3. The summed E-state index contributed by atoms with van der Waals surface area (Å²) >= 11 is 3.26. The van der Waals surface area contributed by atoms with Gasteiger partial charge in [-0.3, -0.25) is 9.59 Å². The number of carbonyl (C=O) groups excluding carboxylic acids is 2. The number of hydrogen-bond donors (Lipinski definition) is 1. The Morgan fingerprint density at radius 3 is 2.74 bits per heavy atom. The summed E-state index contributed by atoms with van der Waals surface area (Å²) in [4.78, 5) is 34.0. The van der Waals surface area contributed by atoms with E-state index in [1.807, 2.05) is 18.7 Å². The number of hydrogen-bond acceptors (Lipinski definition) is 6. The van der Waals surface area contributed by atoms with Crippen LogP contribution in [0.3, 0.4) is 0 Å². The first kappa shape index (κ1) is 21.4. The molecule has 31 heavy (non-hydrogen) atoms. The molecule has 3 aromatic heterocycles. The van der Waals surface area contributed by atoms with E-state index in [0.717, 1.165) is 12.8 Å². The van der Waals surface area contributed by atoms with Crippen molar-refractivity contribution in [3.05, 3.63) is 34.5 Å². The molecule has 3 aromatic rings. The minimum Gasteiger partial charge on any atom is -0.446 e. The lowest BCUT2D eigenvalue weighted by Gasteiger charge is -2.34. The lowest BCUT2D eigenvalue weighted by molar-refractivity contribution is -0.136. The molecule has 2 amide bonds. The molecule has 2 N–H and O–H groups in total. The number of nitrogen functional groups attached to an aromatic ring is 1. The van der Waals surface area contributed by atoms with E-state index in [2.05, 4.69) is 26.0 Å². The third-order valence-corrected chi connectivity index (χ3v) is 6.06. The summed E-state index contributed by atoms with van der Waals surface area (Å²) in [5.74, 6) is 0.968. The first-order valence-corrected chi connectivity index (χ1v) is 11.2. The van der Waals surface area contributed by atoms with Crippen LogP contribution >= 0.6 is 15.9 Å². The van der Waals surface area contributed by atoms with E-state index in [0.29, 0.717) is 59.5 Å². The van der Waals surface area contributed by atoms with Crippen LogP contribution in [-0.2, 0) is 4.79 Å². The van der Waals surface area contributed by atoms with Crippen LogP contribution in [0.2, 0.25) is 0 Å². The number of carbonyl (C=O) groups is 2. The summed E-state index contributed by atoms with van der Waals surface area (Å²) < 4.78 is 7.56. The van der Waals surface area contributed by atoms with Crippen LogP contribution < -0.4 is 5.73 Å². The van der Waals surface area contributed by atoms with Crippen LogP contribution in [0.25, 0.3) is 17.2 Å². The van der Waals surface area contributed by atoms with Crippen LogP contribution in [0, 0.1) is 5.92 Å². The van der Waals surface area contributed by atoms with Gasteiger partial charge >= 0.3 is 0 Å². The van der Waals surface area contributed by atoms with Crippen molar-refractivity contribution >= 4 is 39.2 Å². The number of anilines is 1. The molecule has 4 heterocycles. The molecule has 0 saturated carbocycles. The van der Waals surface area contributed by atoms with Gasteiger partial charge in [0, 0.05) is 31.7 Å². The van der Waals surface area contributed by atoms with Crippen LogP contribution in [0.5, 0.6) is 0 Å². The number of fused-ring (bicyclic) bond motifs is 1. The second-order valence-corrected chi connectivity index (χ2v) is 8.36. The van der Waals surface area contributed by atoms with Gasteiger partial charge in [-0.25, -0.2) is 4.98 Å². The Kier molecular flexibility index (Phi) is 5.99. The number of rotatable bonds is 5. The molecule has 0 bridgehead atoms. The maximum atomic E-state index is 13.2. The number of nitrogens with zero attached hydrogens (tertiary/aromatic N) is 5. The molecule has 0 spiro atoms. The molecule has 0 aliphatic carbocycles. The number of furan rings is 1. The monoisotopic (exact) mass is 488 g/mol. The summed E-state index contributed by atoms with van der Waals surface area (Å²) in [7, 11) is 0.